The van der Waals surface area contributed by atoms with Gasteiger partial charge in [0.1, 0.15) is 6.10 Å². The molecule has 0 heterocycles. The molecule has 6 nitrogen and oxygen atoms in total. The summed E-state index contributed by atoms with van der Waals surface area (Å²) < 4.78 is 5.90. The van der Waals surface area contributed by atoms with Gasteiger partial charge in [-0.3, -0.25) is 9.59 Å². The lowest BCUT2D eigenvalue weighted by Gasteiger charge is -2.24. The number of ether oxygens (including phenoxy) is 1. The van der Waals surface area contributed by atoms with Crippen molar-refractivity contribution in [2.45, 2.75) is 277 Å². The number of esters is 1. The third kappa shape index (κ3) is 35.9. The maximum absolute atomic E-state index is 13.1. The summed E-state index contributed by atoms with van der Waals surface area (Å²) in [5.41, 5.74) is 0. The van der Waals surface area contributed by atoms with Crippen LogP contribution < -0.4 is 5.32 Å². The highest BCUT2D eigenvalue weighted by atomic mass is 16.5. The molecule has 0 saturated heterocycles. The largest absolute Gasteiger partial charge is 0.462 e. The Labute approximate surface area is 324 Å². The third-order valence-electron chi connectivity index (χ3n) is 10.9. The van der Waals surface area contributed by atoms with Crippen molar-refractivity contribution in [1.82, 2.24) is 5.32 Å². The van der Waals surface area contributed by atoms with Gasteiger partial charge in [0.15, 0.2) is 0 Å². The summed E-state index contributed by atoms with van der Waals surface area (Å²) >= 11 is 0. The Morgan fingerprint density at radius 3 is 1.17 bits per heavy atom. The van der Waals surface area contributed by atoms with Crippen LogP contribution in [0.3, 0.4) is 0 Å². The van der Waals surface area contributed by atoms with E-state index in [0.29, 0.717) is 19.3 Å². The highest BCUT2D eigenvalue weighted by Gasteiger charge is 2.24. The minimum atomic E-state index is -0.777. The van der Waals surface area contributed by atoms with E-state index in [2.05, 4.69) is 26.1 Å². The monoisotopic (exact) mass is 738 g/mol. The molecule has 52 heavy (non-hydrogen) atoms. The standard InChI is InChI=1S/C46H91NO5/c1-4-7-10-13-16-19-22-24-26-29-32-35-38-44(49)43(41-48)47-45(50)40-42(37-34-31-28-25-21-18-15-12-9-6-3)52-46(51)39-36-33-30-27-23-20-17-14-11-8-5-2/h42-44,48-49H,4-41H2,1-3H3,(H,47,50). The van der Waals surface area contributed by atoms with Crippen molar-refractivity contribution in [2.24, 2.45) is 0 Å². The molecule has 3 N–H and O–H groups in total. The van der Waals surface area contributed by atoms with Crippen LogP contribution in [0, 0.1) is 0 Å². The minimum absolute atomic E-state index is 0.0866. The summed E-state index contributed by atoms with van der Waals surface area (Å²) in [7, 11) is 0. The number of hydrogen-bond acceptors (Lipinski definition) is 5. The summed E-state index contributed by atoms with van der Waals surface area (Å²) in [5.74, 6) is -0.459. The second-order valence-electron chi connectivity index (χ2n) is 16.2. The molecule has 0 aliphatic carbocycles. The topological polar surface area (TPSA) is 95.9 Å². The second kappa shape index (κ2) is 41.0. The quantitative estimate of drug-likeness (QED) is 0.0428. The third-order valence-corrected chi connectivity index (χ3v) is 10.9. The fourth-order valence-electron chi connectivity index (χ4n) is 7.37. The van der Waals surface area contributed by atoms with Crippen molar-refractivity contribution in [3.8, 4) is 0 Å². The zero-order chi connectivity index (χ0) is 38.2. The van der Waals surface area contributed by atoms with E-state index in [0.717, 1.165) is 44.9 Å². The first-order valence-corrected chi connectivity index (χ1v) is 23.3. The van der Waals surface area contributed by atoms with Gasteiger partial charge in [0.2, 0.25) is 5.91 Å². The van der Waals surface area contributed by atoms with Gasteiger partial charge >= 0.3 is 5.97 Å². The van der Waals surface area contributed by atoms with Gasteiger partial charge in [-0.2, -0.15) is 0 Å². The van der Waals surface area contributed by atoms with Gasteiger partial charge in [0, 0.05) is 6.42 Å². The number of hydrogen-bond donors (Lipinski definition) is 3. The molecule has 0 rings (SSSR count). The van der Waals surface area contributed by atoms with Gasteiger partial charge in [-0.1, -0.05) is 220 Å². The van der Waals surface area contributed by atoms with E-state index >= 15 is 0 Å². The summed E-state index contributed by atoms with van der Waals surface area (Å²) in [6.07, 6.45) is 41.6. The van der Waals surface area contributed by atoms with E-state index in [9.17, 15) is 19.8 Å². The molecule has 310 valence electrons. The van der Waals surface area contributed by atoms with Crippen LogP contribution in [0.25, 0.3) is 0 Å². The van der Waals surface area contributed by atoms with Crippen LogP contribution in [-0.4, -0.2) is 46.9 Å². The lowest BCUT2D eigenvalue weighted by Crippen LogP contribution is -2.46. The first kappa shape index (κ1) is 50.9. The fourth-order valence-corrected chi connectivity index (χ4v) is 7.37. The Morgan fingerprint density at radius 1 is 0.481 bits per heavy atom. The highest BCUT2D eigenvalue weighted by Crippen LogP contribution is 2.18. The van der Waals surface area contributed by atoms with Crippen LogP contribution in [0.1, 0.15) is 258 Å². The van der Waals surface area contributed by atoms with Gasteiger partial charge in [0.05, 0.1) is 25.2 Å². The number of carbonyl (C=O) groups is 2. The molecule has 3 unspecified atom stereocenters. The maximum Gasteiger partial charge on any atom is 0.306 e. The molecule has 0 aromatic heterocycles. The van der Waals surface area contributed by atoms with Crippen molar-refractivity contribution in [3.05, 3.63) is 0 Å². The fraction of sp³-hybridized carbons (Fsp3) is 0.957. The van der Waals surface area contributed by atoms with Crippen LogP contribution in [0.4, 0.5) is 0 Å². The molecule has 0 bridgehead atoms. The Morgan fingerprint density at radius 2 is 0.808 bits per heavy atom. The van der Waals surface area contributed by atoms with Gasteiger partial charge in [-0.25, -0.2) is 0 Å². The van der Waals surface area contributed by atoms with E-state index in [-0.39, 0.29) is 24.9 Å². The van der Waals surface area contributed by atoms with Crippen LogP contribution in [0.15, 0.2) is 0 Å². The number of rotatable bonds is 42. The molecule has 0 aliphatic heterocycles. The van der Waals surface area contributed by atoms with Crippen molar-refractivity contribution >= 4 is 11.9 Å². The molecule has 0 saturated carbocycles. The van der Waals surface area contributed by atoms with Crippen molar-refractivity contribution in [3.63, 3.8) is 0 Å². The lowest BCUT2D eigenvalue weighted by molar-refractivity contribution is -0.151. The number of carbonyl (C=O) groups excluding carboxylic acids is 2. The lowest BCUT2D eigenvalue weighted by atomic mass is 10.0. The van der Waals surface area contributed by atoms with Crippen molar-refractivity contribution < 1.29 is 24.5 Å². The average molecular weight is 738 g/mol. The van der Waals surface area contributed by atoms with Gasteiger partial charge in [-0.05, 0) is 25.7 Å². The van der Waals surface area contributed by atoms with Crippen LogP contribution in [0.5, 0.6) is 0 Å². The Kier molecular flexibility index (Phi) is 40.1. The zero-order valence-corrected chi connectivity index (χ0v) is 35.2. The second-order valence-corrected chi connectivity index (χ2v) is 16.2. The summed E-state index contributed by atoms with van der Waals surface area (Å²) in [6.45, 7) is 6.47. The van der Waals surface area contributed by atoms with Crippen molar-refractivity contribution in [2.75, 3.05) is 6.61 Å². The molecular formula is C46H91NO5. The molecule has 6 heteroatoms. The Balaban J connectivity index is 4.51. The Bertz CT molecular complexity index is 746. The SMILES string of the molecule is CCCCCCCCCCCCCCC(O)C(CO)NC(=O)CC(CCCCCCCCCCCC)OC(=O)CCCCCCCCCCCCC. The normalized spacial score (nSPS) is 13.2. The molecule has 0 aliphatic rings. The zero-order valence-electron chi connectivity index (χ0n) is 35.2. The molecule has 0 aromatic rings. The van der Waals surface area contributed by atoms with Gasteiger partial charge in [0.25, 0.3) is 0 Å². The molecule has 0 spiro atoms. The first-order valence-electron chi connectivity index (χ1n) is 23.3. The van der Waals surface area contributed by atoms with E-state index in [1.165, 1.54) is 167 Å². The Hall–Kier alpha value is -1.14. The molecule has 0 radical (unpaired) electrons. The number of unbranched alkanes of at least 4 members (excludes halogenated alkanes) is 30. The van der Waals surface area contributed by atoms with E-state index < -0.39 is 18.2 Å². The number of amides is 1. The van der Waals surface area contributed by atoms with Crippen LogP contribution in [0.2, 0.25) is 0 Å². The summed E-state index contributed by atoms with van der Waals surface area (Å²) in [6, 6.07) is -0.690. The van der Waals surface area contributed by atoms with E-state index in [4.69, 9.17) is 4.74 Å². The smallest absolute Gasteiger partial charge is 0.306 e. The van der Waals surface area contributed by atoms with Crippen LogP contribution >= 0.6 is 0 Å². The average Bonchev–Trinajstić information content (AvgIpc) is 3.13. The maximum atomic E-state index is 13.1. The minimum Gasteiger partial charge on any atom is -0.462 e. The van der Waals surface area contributed by atoms with Crippen LogP contribution in [-0.2, 0) is 14.3 Å². The number of aliphatic hydroxyl groups is 2. The predicted octanol–water partition coefficient (Wildman–Crippen LogP) is 13.2. The molecule has 0 aromatic carbocycles. The van der Waals surface area contributed by atoms with Crippen molar-refractivity contribution in [1.29, 1.82) is 0 Å². The molecule has 1 amide bonds. The predicted molar refractivity (Wildman–Crippen MR) is 223 cm³/mol. The number of aliphatic hydroxyl groups excluding tert-OH is 2. The summed E-state index contributed by atoms with van der Waals surface area (Å²) in [5, 5.41) is 23.6. The number of nitrogens with one attached hydrogen (secondary N) is 1. The highest BCUT2D eigenvalue weighted by molar-refractivity contribution is 5.77. The van der Waals surface area contributed by atoms with E-state index in [1.54, 1.807) is 0 Å². The van der Waals surface area contributed by atoms with Gasteiger partial charge < -0.3 is 20.3 Å². The first-order chi connectivity index (χ1) is 25.5. The molecular weight excluding hydrogens is 647 g/mol. The molecule has 0 fully saturated rings. The van der Waals surface area contributed by atoms with Gasteiger partial charge in [-0.15, -0.1) is 0 Å². The summed E-state index contributed by atoms with van der Waals surface area (Å²) in [4.78, 5) is 25.9. The molecule has 3 atom stereocenters. The van der Waals surface area contributed by atoms with E-state index in [1.807, 2.05) is 0 Å².